The van der Waals surface area contributed by atoms with Crippen LogP contribution in [-0.4, -0.2) is 15.9 Å². The van der Waals surface area contributed by atoms with Crippen LogP contribution < -0.4 is 10.9 Å². The number of nitrogens with one attached hydrogen (secondary N) is 2. The molecule has 1 amide bonds. The van der Waals surface area contributed by atoms with Gasteiger partial charge in [-0.3, -0.25) is 9.59 Å². The standard InChI is InChI=1S/C21H16BrN3O2S2/c1-12(26)23-15-6-8-16(9-7-15)28-11-18-24-20(27)19-17(10-29-21(19)25-18)13-2-4-14(22)5-3-13/h2-10H,11H2,1H3,(H,23,26)(H,24,25,27). The summed E-state index contributed by atoms with van der Waals surface area (Å²) < 4.78 is 0.997. The molecule has 0 aliphatic heterocycles. The number of H-pyrrole nitrogens is 1. The lowest BCUT2D eigenvalue weighted by Gasteiger charge is -2.05. The molecule has 8 heteroatoms. The SMILES string of the molecule is CC(=O)Nc1ccc(SCc2nc3scc(-c4ccc(Br)cc4)c3c(=O)[nH]2)cc1. The van der Waals surface area contributed by atoms with Crippen LogP contribution >= 0.6 is 39.0 Å². The number of hydrogen-bond acceptors (Lipinski definition) is 5. The van der Waals surface area contributed by atoms with Gasteiger partial charge in [-0.15, -0.1) is 23.1 Å². The largest absolute Gasteiger partial charge is 0.326 e. The lowest BCUT2D eigenvalue weighted by Crippen LogP contribution is -2.10. The first-order valence-corrected chi connectivity index (χ1v) is 11.4. The zero-order chi connectivity index (χ0) is 20.4. The average molecular weight is 486 g/mol. The molecule has 2 N–H and O–H groups in total. The van der Waals surface area contributed by atoms with Gasteiger partial charge in [0.25, 0.3) is 5.56 Å². The maximum absolute atomic E-state index is 12.7. The van der Waals surface area contributed by atoms with Crippen LogP contribution in [0.2, 0.25) is 0 Å². The van der Waals surface area contributed by atoms with E-state index < -0.39 is 0 Å². The lowest BCUT2D eigenvalue weighted by atomic mass is 10.1. The second-order valence-electron chi connectivity index (χ2n) is 6.34. The smallest absolute Gasteiger partial charge is 0.260 e. The van der Waals surface area contributed by atoms with Crippen molar-refractivity contribution in [1.29, 1.82) is 0 Å². The average Bonchev–Trinajstić information content (AvgIpc) is 3.12. The molecule has 0 saturated carbocycles. The van der Waals surface area contributed by atoms with Crippen molar-refractivity contribution in [3.8, 4) is 11.1 Å². The molecule has 146 valence electrons. The van der Waals surface area contributed by atoms with Crippen molar-refractivity contribution in [2.75, 3.05) is 5.32 Å². The third-order valence-corrected chi connectivity index (χ3v) is 6.62. The number of thioether (sulfide) groups is 1. The van der Waals surface area contributed by atoms with E-state index in [1.807, 2.05) is 53.9 Å². The molecule has 2 aromatic carbocycles. The van der Waals surface area contributed by atoms with Crippen LogP contribution in [0.1, 0.15) is 12.7 Å². The van der Waals surface area contributed by atoms with Crippen LogP contribution in [0.4, 0.5) is 5.69 Å². The highest BCUT2D eigenvalue weighted by molar-refractivity contribution is 9.10. The summed E-state index contributed by atoms with van der Waals surface area (Å²) in [6, 6.07) is 15.5. The Hall–Kier alpha value is -2.42. The van der Waals surface area contributed by atoms with E-state index >= 15 is 0 Å². The summed E-state index contributed by atoms with van der Waals surface area (Å²) >= 11 is 6.49. The summed E-state index contributed by atoms with van der Waals surface area (Å²) in [5, 5.41) is 5.35. The Morgan fingerprint density at radius 3 is 2.59 bits per heavy atom. The summed E-state index contributed by atoms with van der Waals surface area (Å²) in [5.41, 5.74) is 2.53. The molecule has 0 unspecified atom stereocenters. The number of rotatable bonds is 5. The predicted octanol–water partition coefficient (Wildman–Crippen LogP) is 5.66. The Morgan fingerprint density at radius 2 is 1.90 bits per heavy atom. The van der Waals surface area contributed by atoms with Gasteiger partial charge >= 0.3 is 0 Å². The van der Waals surface area contributed by atoms with Gasteiger partial charge in [-0.25, -0.2) is 4.98 Å². The van der Waals surface area contributed by atoms with Crippen LogP contribution in [0.25, 0.3) is 21.3 Å². The van der Waals surface area contributed by atoms with Crippen molar-refractivity contribution in [3.05, 3.63) is 74.6 Å². The van der Waals surface area contributed by atoms with Crippen LogP contribution in [0.15, 0.2) is 68.1 Å². The topological polar surface area (TPSA) is 74.8 Å². The summed E-state index contributed by atoms with van der Waals surface area (Å²) in [4.78, 5) is 33.2. The number of thiophene rings is 1. The number of halogens is 1. The first-order chi connectivity index (χ1) is 14.0. The highest BCUT2D eigenvalue weighted by atomic mass is 79.9. The number of anilines is 1. The second-order valence-corrected chi connectivity index (χ2v) is 9.17. The molecule has 0 spiro atoms. The minimum Gasteiger partial charge on any atom is -0.326 e. The fraction of sp³-hybridized carbons (Fsp3) is 0.0952. The van der Waals surface area contributed by atoms with Gasteiger partial charge in [0.1, 0.15) is 10.7 Å². The number of benzene rings is 2. The molecular formula is C21H16BrN3O2S2. The fourth-order valence-electron chi connectivity index (χ4n) is 2.89. The molecule has 5 nitrogen and oxygen atoms in total. The van der Waals surface area contributed by atoms with Gasteiger partial charge in [-0.05, 0) is 42.0 Å². The van der Waals surface area contributed by atoms with Crippen molar-refractivity contribution < 1.29 is 4.79 Å². The zero-order valence-corrected chi connectivity index (χ0v) is 18.6. The normalized spacial score (nSPS) is 11.0. The Bertz CT molecular complexity index is 1230. The molecule has 0 atom stereocenters. The predicted molar refractivity (Wildman–Crippen MR) is 124 cm³/mol. The highest BCUT2D eigenvalue weighted by Gasteiger charge is 2.13. The Balaban J connectivity index is 1.54. The molecule has 2 aromatic heterocycles. The van der Waals surface area contributed by atoms with E-state index in [1.54, 1.807) is 11.8 Å². The summed E-state index contributed by atoms with van der Waals surface area (Å²) in [5.74, 6) is 1.09. The molecule has 4 aromatic rings. The summed E-state index contributed by atoms with van der Waals surface area (Å²) in [6.07, 6.45) is 0. The highest BCUT2D eigenvalue weighted by Crippen LogP contribution is 2.32. The molecule has 0 aliphatic rings. The molecule has 0 fully saturated rings. The van der Waals surface area contributed by atoms with Crippen molar-refractivity contribution in [2.24, 2.45) is 0 Å². The first kappa shape index (κ1) is 19.9. The Labute approximate surface area is 183 Å². The quantitative estimate of drug-likeness (QED) is 0.357. The van der Waals surface area contributed by atoms with Crippen molar-refractivity contribution >= 4 is 60.8 Å². The molecule has 0 bridgehead atoms. The van der Waals surface area contributed by atoms with Crippen molar-refractivity contribution in [2.45, 2.75) is 17.6 Å². The number of aromatic amines is 1. The monoisotopic (exact) mass is 485 g/mol. The third-order valence-electron chi connectivity index (χ3n) is 4.20. The summed E-state index contributed by atoms with van der Waals surface area (Å²) in [6.45, 7) is 1.48. The number of aromatic nitrogens is 2. The molecule has 4 rings (SSSR count). The molecule has 2 heterocycles. The van der Waals surface area contributed by atoms with E-state index in [0.717, 1.165) is 31.0 Å². The fourth-order valence-corrected chi connectivity index (χ4v) is 4.89. The maximum Gasteiger partial charge on any atom is 0.260 e. The van der Waals surface area contributed by atoms with Gasteiger partial charge in [-0.2, -0.15) is 0 Å². The van der Waals surface area contributed by atoms with Crippen LogP contribution in [-0.2, 0) is 10.5 Å². The molecule has 0 aliphatic carbocycles. The lowest BCUT2D eigenvalue weighted by molar-refractivity contribution is -0.114. The van der Waals surface area contributed by atoms with Gasteiger partial charge in [0.2, 0.25) is 5.91 Å². The van der Waals surface area contributed by atoms with Crippen LogP contribution in [0.3, 0.4) is 0 Å². The first-order valence-electron chi connectivity index (χ1n) is 8.76. The molecule has 0 saturated heterocycles. The number of fused-ring (bicyclic) bond motifs is 1. The van der Waals surface area contributed by atoms with Gasteiger partial charge in [0.05, 0.1) is 11.1 Å². The molecule has 0 radical (unpaired) electrons. The van der Waals surface area contributed by atoms with E-state index in [-0.39, 0.29) is 11.5 Å². The molecule has 29 heavy (non-hydrogen) atoms. The zero-order valence-electron chi connectivity index (χ0n) is 15.4. The van der Waals surface area contributed by atoms with E-state index in [2.05, 4.69) is 31.2 Å². The maximum atomic E-state index is 12.7. The van der Waals surface area contributed by atoms with E-state index in [9.17, 15) is 9.59 Å². The minimum atomic E-state index is -0.120. The van der Waals surface area contributed by atoms with Gasteiger partial charge in [0.15, 0.2) is 0 Å². The van der Waals surface area contributed by atoms with Gasteiger partial charge < -0.3 is 10.3 Å². The van der Waals surface area contributed by atoms with Crippen LogP contribution in [0, 0.1) is 0 Å². The van der Waals surface area contributed by atoms with Crippen molar-refractivity contribution in [3.63, 3.8) is 0 Å². The van der Waals surface area contributed by atoms with Gasteiger partial charge in [0, 0.05) is 32.9 Å². The van der Waals surface area contributed by atoms with Crippen molar-refractivity contribution in [1.82, 2.24) is 9.97 Å². The minimum absolute atomic E-state index is 0.0982. The third kappa shape index (κ3) is 4.60. The number of carbonyl (C=O) groups excluding carboxylic acids is 1. The number of carbonyl (C=O) groups is 1. The summed E-state index contributed by atoms with van der Waals surface area (Å²) in [7, 11) is 0. The van der Waals surface area contributed by atoms with E-state index in [0.29, 0.717) is 17.0 Å². The van der Waals surface area contributed by atoms with Crippen LogP contribution in [0.5, 0.6) is 0 Å². The number of hydrogen-bond donors (Lipinski definition) is 2. The van der Waals surface area contributed by atoms with E-state index in [1.165, 1.54) is 18.3 Å². The Kier molecular flexibility index (Phi) is 5.84. The Morgan fingerprint density at radius 1 is 1.17 bits per heavy atom. The second kappa shape index (κ2) is 8.52. The number of amides is 1. The van der Waals surface area contributed by atoms with E-state index in [4.69, 9.17) is 0 Å². The van der Waals surface area contributed by atoms with Gasteiger partial charge in [-0.1, -0.05) is 28.1 Å². The molecular weight excluding hydrogens is 470 g/mol. The number of nitrogens with zero attached hydrogens (tertiary/aromatic N) is 1.